The fraction of sp³-hybridized carbons (Fsp3) is 0.750. The zero-order valence-corrected chi connectivity index (χ0v) is 9.46. The number of carbonyl (C=O) groups is 2. The van der Waals surface area contributed by atoms with Gasteiger partial charge in [0.15, 0.2) is 11.6 Å². The average molecular weight is 195 g/mol. The first-order chi connectivity index (χ1) is 6.36. The van der Waals surface area contributed by atoms with Crippen LogP contribution in [-0.4, -0.2) is 11.6 Å². The lowest BCUT2D eigenvalue weighted by Gasteiger charge is -2.38. The molecule has 0 amide bonds. The van der Waals surface area contributed by atoms with Crippen LogP contribution in [0.2, 0.25) is 0 Å². The molecule has 80 valence electrons. The molecule has 0 spiro atoms. The molecule has 0 N–H and O–H groups in total. The zero-order valence-electron chi connectivity index (χ0n) is 9.46. The molecule has 1 fully saturated rings. The number of ketones is 2. The van der Waals surface area contributed by atoms with Crippen molar-refractivity contribution in [1.29, 1.82) is 0 Å². The summed E-state index contributed by atoms with van der Waals surface area (Å²) in [5.41, 5.74) is 0.123. The molecule has 2 unspecified atom stereocenters. The summed E-state index contributed by atoms with van der Waals surface area (Å²) >= 11 is 0. The van der Waals surface area contributed by atoms with E-state index in [-0.39, 0.29) is 22.9 Å². The summed E-state index contributed by atoms with van der Waals surface area (Å²) in [4.78, 5) is 22.9. The van der Waals surface area contributed by atoms with Gasteiger partial charge in [0.05, 0.1) is 0 Å². The smallest absolute Gasteiger partial charge is 0.196 e. The summed E-state index contributed by atoms with van der Waals surface area (Å²) in [6.07, 6.45) is 3.13. The van der Waals surface area contributed by atoms with E-state index < -0.39 is 0 Å². The molecule has 0 aromatic rings. The van der Waals surface area contributed by atoms with Gasteiger partial charge in [0.2, 0.25) is 0 Å². The molecule has 2 nitrogen and oxygen atoms in total. The van der Waals surface area contributed by atoms with Crippen LogP contribution in [0.4, 0.5) is 0 Å². The maximum Gasteiger partial charge on any atom is 0.196 e. The van der Waals surface area contributed by atoms with Gasteiger partial charge in [-0.2, -0.15) is 6.92 Å². The molecule has 1 rings (SSSR count). The van der Waals surface area contributed by atoms with Crippen LogP contribution < -0.4 is 0 Å². The normalized spacial score (nSPS) is 29.4. The molecule has 14 heavy (non-hydrogen) atoms. The molecule has 0 aromatic heterocycles. The van der Waals surface area contributed by atoms with Gasteiger partial charge in [0.25, 0.3) is 0 Å². The van der Waals surface area contributed by atoms with Gasteiger partial charge in [0, 0.05) is 6.42 Å². The van der Waals surface area contributed by atoms with Crippen molar-refractivity contribution in [3.8, 4) is 0 Å². The Bertz CT molecular complexity index is 248. The van der Waals surface area contributed by atoms with Crippen molar-refractivity contribution in [1.82, 2.24) is 0 Å². The summed E-state index contributed by atoms with van der Waals surface area (Å²) in [7, 11) is 0. The average Bonchev–Trinajstić information content (AvgIpc) is 2.07. The molecule has 2 heteroatoms. The van der Waals surface area contributed by atoms with Gasteiger partial charge >= 0.3 is 0 Å². The Labute approximate surface area is 86.1 Å². The van der Waals surface area contributed by atoms with E-state index in [1.54, 1.807) is 0 Å². The molecular formula is C12H19O2-. The monoisotopic (exact) mass is 195 g/mol. The SMILES string of the molecule is C[CH-]C1CC(C(C)(C)C)CC(=O)C1=O. The van der Waals surface area contributed by atoms with Crippen LogP contribution in [0.15, 0.2) is 0 Å². The van der Waals surface area contributed by atoms with E-state index in [9.17, 15) is 9.59 Å². The molecule has 0 saturated heterocycles. The minimum absolute atomic E-state index is 0.123. The van der Waals surface area contributed by atoms with Crippen molar-refractivity contribution >= 4 is 11.6 Å². The Hall–Kier alpha value is -0.660. The molecule has 0 bridgehead atoms. The van der Waals surface area contributed by atoms with Crippen LogP contribution in [-0.2, 0) is 9.59 Å². The van der Waals surface area contributed by atoms with Crippen molar-refractivity contribution in [2.24, 2.45) is 17.3 Å². The van der Waals surface area contributed by atoms with Crippen LogP contribution in [0.25, 0.3) is 0 Å². The van der Waals surface area contributed by atoms with Gasteiger partial charge in [-0.25, -0.2) is 0 Å². The molecule has 0 radical (unpaired) electrons. The molecular weight excluding hydrogens is 176 g/mol. The van der Waals surface area contributed by atoms with Crippen LogP contribution in [0.3, 0.4) is 0 Å². The first-order valence-corrected chi connectivity index (χ1v) is 5.22. The third-order valence-electron chi connectivity index (χ3n) is 3.21. The Morgan fingerprint density at radius 3 is 2.29 bits per heavy atom. The second kappa shape index (κ2) is 3.84. The fourth-order valence-electron chi connectivity index (χ4n) is 1.98. The number of carbonyl (C=O) groups excluding carboxylic acids is 2. The third-order valence-corrected chi connectivity index (χ3v) is 3.21. The van der Waals surface area contributed by atoms with E-state index in [1.165, 1.54) is 0 Å². The predicted octanol–water partition coefficient (Wildman–Crippen LogP) is 2.42. The predicted molar refractivity (Wildman–Crippen MR) is 55.7 cm³/mol. The maximum atomic E-state index is 11.5. The third kappa shape index (κ3) is 2.23. The van der Waals surface area contributed by atoms with E-state index >= 15 is 0 Å². The first kappa shape index (κ1) is 11.4. The van der Waals surface area contributed by atoms with Gasteiger partial charge in [-0.3, -0.25) is 9.59 Å². The number of hydrogen-bond acceptors (Lipinski definition) is 2. The molecule has 1 aliphatic rings. The molecule has 0 heterocycles. The topological polar surface area (TPSA) is 34.1 Å². The van der Waals surface area contributed by atoms with Crippen molar-refractivity contribution in [3.63, 3.8) is 0 Å². The van der Waals surface area contributed by atoms with E-state index in [2.05, 4.69) is 20.8 Å². The summed E-state index contributed by atoms with van der Waals surface area (Å²) < 4.78 is 0. The van der Waals surface area contributed by atoms with Crippen LogP contribution in [0.5, 0.6) is 0 Å². The van der Waals surface area contributed by atoms with Crippen molar-refractivity contribution in [3.05, 3.63) is 6.42 Å². The number of Topliss-reactive ketones (excluding diaryl/α,β-unsaturated/α-hetero) is 2. The highest BCUT2D eigenvalue weighted by Crippen LogP contribution is 2.38. The van der Waals surface area contributed by atoms with Gasteiger partial charge in [0.1, 0.15) is 0 Å². The first-order valence-electron chi connectivity index (χ1n) is 5.22. The zero-order chi connectivity index (χ0) is 10.9. The van der Waals surface area contributed by atoms with Crippen molar-refractivity contribution in [2.45, 2.75) is 40.5 Å². The highest BCUT2D eigenvalue weighted by molar-refractivity contribution is 6.38. The van der Waals surface area contributed by atoms with Crippen molar-refractivity contribution in [2.75, 3.05) is 0 Å². The second-order valence-electron chi connectivity index (χ2n) is 5.23. The summed E-state index contributed by atoms with van der Waals surface area (Å²) in [6.45, 7) is 8.26. The van der Waals surface area contributed by atoms with Gasteiger partial charge in [-0.1, -0.05) is 33.1 Å². The maximum absolute atomic E-state index is 11.5. The Kier molecular flexibility index (Phi) is 3.13. The van der Waals surface area contributed by atoms with Crippen LogP contribution >= 0.6 is 0 Å². The Balaban J connectivity index is 2.78. The highest BCUT2D eigenvalue weighted by atomic mass is 16.2. The summed E-state index contributed by atoms with van der Waals surface area (Å²) in [5.74, 6) is -0.165. The van der Waals surface area contributed by atoms with Gasteiger partial charge in [-0.15, -0.1) is 0 Å². The highest BCUT2D eigenvalue weighted by Gasteiger charge is 2.35. The minimum atomic E-state index is -0.187. The fourth-order valence-corrected chi connectivity index (χ4v) is 1.98. The molecule has 0 aromatic carbocycles. The number of hydrogen-bond donors (Lipinski definition) is 0. The Morgan fingerprint density at radius 2 is 1.86 bits per heavy atom. The van der Waals surface area contributed by atoms with Gasteiger partial charge < -0.3 is 6.42 Å². The lowest BCUT2D eigenvalue weighted by atomic mass is 9.68. The minimum Gasteiger partial charge on any atom is -0.321 e. The van der Waals surface area contributed by atoms with Crippen molar-refractivity contribution < 1.29 is 9.59 Å². The largest absolute Gasteiger partial charge is 0.321 e. The van der Waals surface area contributed by atoms with E-state index in [0.29, 0.717) is 12.3 Å². The van der Waals surface area contributed by atoms with Crippen LogP contribution in [0.1, 0.15) is 40.5 Å². The lowest BCUT2D eigenvalue weighted by Crippen LogP contribution is -2.38. The van der Waals surface area contributed by atoms with E-state index in [1.807, 2.05) is 13.3 Å². The van der Waals surface area contributed by atoms with E-state index in [0.717, 1.165) is 6.42 Å². The quantitative estimate of drug-likeness (QED) is 0.475. The molecule has 2 atom stereocenters. The molecule has 1 saturated carbocycles. The summed E-state index contributed by atoms with van der Waals surface area (Å²) in [6, 6.07) is 0. The lowest BCUT2D eigenvalue weighted by molar-refractivity contribution is -0.142. The molecule has 0 aliphatic heterocycles. The van der Waals surface area contributed by atoms with E-state index in [4.69, 9.17) is 0 Å². The molecule has 1 aliphatic carbocycles. The van der Waals surface area contributed by atoms with Crippen LogP contribution in [0, 0.1) is 23.7 Å². The second-order valence-corrected chi connectivity index (χ2v) is 5.23. The standard InChI is InChI=1S/C12H19O2/c1-5-8-6-9(12(2,3)4)7-10(13)11(8)14/h5,8-9H,6-7H2,1-4H3/q-1. The number of rotatable bonds is 1. The summed E-state index contributed by atoms with van der Waals surface area (Å²) in [5, 5.41) is 0. The van der Waals surface area contributed by atoms with Gasteiger partial charge in [-0.05, 0) is 11.3 Å². The Morgan fingerprint density at radius 1 is 1.29 bits per heavy atom.